The number of carboxylic acids is 1. The van der Waals surface area contributed by atoms with Crippen LogP contribution in [0, 0.1) is 12.3 Å². The molecule has 2 heterocycles. The fourth-order valence-electron chi connectivity index (χ4n) is 2.26. The summed E-state index contributed by atoms with van der Waals surface area (Å²) in [5.41, 5.74) is 0.359. The van der Waals surface area contributed by atoms with Crippen molar-refractivity contribution >= 4 is 17.7 Å². The van der Waals surface area contributed by atoms with Gasteiger partial charge in [-0.2, -0.15) is 0 Å². The molecule has 7 heteroatoms. The Hall–Kier alpha value is -2.15. The summed E-state index contributed by atoms with van der Waals surface area (Å²) in [6.45, 7) is 2.66. The van der Waals surface area contributed by atoms with E-state index in [1.165, 1.54) is 0 Å². The minimum absolute atomic E-state index is 0.0802. The van der Waals surface area contributed by atoms with Crippen LogP contribution in [0.4, 0.5) is 10.5 Å². The highest BCUT2D eigenvalue weighted by Crippen LogP contribution is 2.30. The lowest BCUT2D eigenvalue weighted by molar-refractivity contribution is -0.154. The summed E-state index contributed by atoms with van der Waals surface area (Å²) >= 11 is 0. The van der Waals surface area contributed by atoms with Gasteiger partial charge in [0.25, 0.3) is 0 Å². The maximum Gasteiger partial charge on any atom is 0.319 e. The first kappa shape index (κ1) is 15.2. The Morgan fingerprint density at radius 3 is 2.76 bits per heavy atom. The number of aryl methyl sites for hydroxylation is 1. The summed E-state index contributed by atoms with van der Waals surface area (Å²) in [5.74, 6) is -0.899. The van der Waals surface area contributed by atoms with Gasteiger partial charge in [0.1, 0.15) is 0 Å². The van der Waals surface area contributed by atoms with Gasteiger partial charge in [0.05, 0.1) is 16.8 Å². The molecule has 0 aromatic carbocycles. The molecule has 2 rings (SSSR count). The first-order valence-corrected chi connectivity index (χ1v) is 6.81. The number of pyridine rings is 1. The van der Waals surface area contributed by atoms with Gasteiger partial charge in [-0.1, -0.05) is 0 Å². The van der Waals surface area contributed by atoms with Crippen LogP contribution >= 0.6 is 0 Å². The van der Waals surface area contributed by atoms with Gasteiger partial charge in [0, 0.05) is 26.0 Å². The maximum atomic E-state index is 11.9. The lowest BCUT2D eigenvalue weighted by Crippen LogP contribution is -2.47. The first-order valence-electron chi connectivity index (χ1n) is 6.81. The van der Waals surface area contributed by atoms with Gasteiger partial charge in [-0.25, -0.2) is 4.79 Å². The summed E-state index contributed by atoms with van der Waals surface area (Å²) < 4.78 is 5.19. The van der Waals surface area contributed by atoms with E-state index in [-0.39, 0.29) is 6.54 Å². The van der Waals surface area contributed by atoms with Gasteiger partial charge in [0.15, 0.2) is 0 Å². The highest BCUT2D eigenvalue weighted by Gasteiger charge is 2.40. The van der Waals surface area contributed by atoms with Crippen molar-refractivity contribution in [3.63, 3.8) is 0 Å². The Morgan fingerprint density at radius 2 is 2.14 bits per heavy atom. The Bertz CT molecular complexity index is 527. The smallest absolute Gasteiger partial charge is 0.319 e. The molecule has 1 fully saturated rings. The number of anilines is 1. The third-order valence-electron chi connectivity index (χ3n) is 3.75. The number of carbonyl (C=O) groups excluding carboxylic acids is 1. The molecule has 0 saturated carbocycles. The number of urea groups is 1. The van der Waals surface area contributed by atoms with E-state index >= 15 is 0 Å². The quantitative estimate of drug-likeness (QED) is 0.779. The molecule has 1 aromatic rings. The Morgan fingerprint density at radius 1 is 1.43 bits per heavy atom. The monoisotopic (exact) mass is 293 g/mol. The summed E-state index contributed by atoms with van der Waals surface area (Å²) in [5, 5.41) is 14.7. The number of carboxylic acid groups (broad SMARTS) is 1. The summed E-state index contributed by atoms with van der Waals surface area (Å²) in [6, 6.07) is 3.03. The van der Waals surface area contributed by atoms with Crippen LogP contribution in [-0.4, -0.2) is 41.8 Å². The zero-order chi connectivity index (χ0) is 15.3. The number of nitrogens with one attached hydrogen (secondary N) is 2. The number of ether oxygens (including phenoxy) is 1. The molecule has 0 atom stereocenters. The van der Waals surface area contributed by atoms with Crippen LogP contribution in [0.15, 0.2) is 18.3 Å². The molecule has 1 saturated heterocycles. The predicted octanol–water partition coefficient (Wildman–Crippen LogP) is 1.39. The Kier molecular flexibility index (Phi) is 4.74. The van der Waals surface area contributed by atoms with E-state index in [4.69, 9.17) is 4.74 Å². The minimum atomic E-state index is -0.945. The molecule has 1 aromatic heterocycles. The van der Waals surface area contributed by atoms with Crippen molar-refractivity contribution in [3.8, 4) is 0 Å². The van der Waals surface area contributed by atoms with E-state index in [2.05, 4.69) is 15.6 Å². The fraction of sp³-hybridized carbons (Fsp3) is 0.500. The average molecular weight is 293 g/mol. The number of rotatable bonds is 4. The van der Waals surface area contributed by atoms with Crippen LogP contribution in [0.3, 0.4) is 0 Å². The summed E-state index contributed by atoms with van der Waals surface area (Å²) in [7, 11) is 0. The minimum Gasteiger partial charge on any atom is -0.481 e. The number of amides is 2. The van der Waals surface area contributed by atoms with Crippen LogP contribution < -0.4 is 10.6 Å². The molecule has 7 nitrogen and oxygen atoms in total. The second kappa shape index (κ2) is 6.53. The molecule has 1 aliphatic heterocycles. The van der Waals surface area contributed by atoms with Crippen molar-refractivity contribution in [2.24, 2.45) is 5.41 Å². The van der Waals surface area contributed by atoms with Crippen molar-refractivity contribution in [2.75, 3.05) is 25.1 Å². The number of aromatic nitrogens is 1. The van der Waals surface area contributed by atoms with E-state index in [0.29, 0.717) is 37.4 Å². The van der Waals surface area contributed by atoms with Gasteiger partial charge in [0.2, 0.25) is 0 Å². The largest absolute Gasteiger partial charge is 0.481 e. The predicted molar refractivity (Wildman–Crippen MR) is 76.1 cm³/mol. The topological polar surface area (TPSA) is 101 Å². The number of hydrogen-bond donors (Lipinski definition) is 3. The lowest BCUT2D eigenvalue weighted by atomic mass is 9.80. The van der Waals surface area contributed by atoms with Crippen LogP contribution in [0.1, 0.15) is 18.5 Å². The van der Waals surface area contributed by atoms with Crippen molar-refractivity contribution < 1.29 is 19.4 Å². The second-order valence-electron chi connectivity index (χ2n) is 5.14. The maximum absolute atomic E-state index is 11.9. The van der Waals surface area contributed by atoms with Crippen LogP contribution in [0.5, 0.6) is 0 Å². The molecule has 1 aliphatic rings. The average Bonchev–Trinajstić information content (AvgIpc) is 2.48. The molecule has 0 bridgehead atoms. The zero-order valence-corrected chi connectivity index (χ0v) is 11.9. The molecule has 0 aliphatic carbocycles. The van der Waals surface area contributed by atoms with E-state index in [0.717, 1.165) is 0 Å². The lowest BCUT2D eigenvalue weighted by Gasteiger charge is -2.33. The normalized spacial score (nSPS) is 17.0. The van der Waals surface area contributed by atoms with Crippen LogP contribution in [0.25, 0.3) is 0 Å². The van der Waals surface area contributed by atoms with E-state index in [1.807, 2.05) is 0 Å². The van der Waals surface area contributed by atoms with Crippen molar-refractivity contribution in [2.45, 2.75) is 19.8 Å². The van der Waals surface area contributed by atoms with Gasteiger partial charge in [-0.3, -0.25) is 9.78 Å². The molecule has 21 heavy (non-hydrogen) atoms. The molecule has 114 valence electrons. The van der Waals surface area contributed by atoms with Gasteiger partial charge in [-0.15, -0.1) is 0 Å². The third kappa shape index (κ3) is 3.69. The van der Waals surface area contributed by atoms with Crippen molar-refractivity contribution in [1.29, 1.82) is 0 Å². The highest BCUT2D eigenvalue weighted by molar-refractivity contribution is 5.90. The molecular weight excluding hydrogens is 274 g/mol. The fourth-order valence-corrected chi connectivity index (χ4v) is 2.26. The third-order valence-corrected chi connectivity index (χ3v) is 3.75. The second-order valence-corrected chi connectivity index (χ2v) is 5.14. The van der Waals surface area contributed by atoms with Gasteiger partial charge < -0.3 is 20.5 Å². The van der Waals surface area contributed by atoms with Gasteiger partial charge in [-0.05, 0) is 31.9 Å². The number of nitrogens with zero attached hydrogens (tertiary/aromatic N) is 1. The standard InChI is InChI=1S/C14H19N3O4/c1-10-11(3-2-6-15-10)17-13(20)16-9-14(12(18)19)4-7-21-8-5-14/h2-3,6H,4-5,7-9H2,1H3,(H,18,19)(H2,16,17,20). The SMILES string of the molecule is Cc1ncccc1NC(=O)NCC1(C(=O)O)CCOCC1. The molecule has 0 spiro atoms. The highest BCUT2D eigenvalue weighted by atomic mass is 16.5. The van der Waals surface area contributed by atoms with Crippen molar-refractivity contribution in [3.05, 3.63) is 24.0 Å². The Labute approximate surface area is 122 Å². The number of hydrogen-bond acceptors (Lipinski definition) is 4. The van der Waals surface area contributed by atoms with Crippen molar-refractivity contribution in [1.82, 2.24) is 10.3 Å². The molecule has 3 N–H and O–H groups in total. The van der Waals surface area contributed by atoms with Crippen LogP contribution in [-0.2, 0) is 9.53 Å². The molecule has 0 radical (unpaired) electrons. The Balaban J connectivity index is 1.93. The zero-order valence-electron chi connectivity index (χ0n) is 11.9. The number of aliphatic carboxylic acids is 1. The van der Waals surface area contributed by atoms with Gasteiger partial charge >= 0.3 is 12.0 Å². The summed E-state index contributed by atoms with van der Waals surface area (Å²) in [4.78, 5) is 27.4. The first-order chi connectivity index (χ1) is 10.0. The molecule has 0 unspecified atom stereocenters. The van der Waals surface area contributed by atoms with E-state index in [1.54, 1.807) is 25.3 Å². The van der Waals surface area contributed by atoms with E-state index < -0.39 is 17.4 Å². The molecular formula is C14H19N3O4. The van der Waals surface area contributed by atoms with E-state index in [9.17, 15) is 14.7 Å². The van der Waals surface area contributed by atoms with Crippen LogP contribution in [0.2, 0.25) is 0 Å². The molecule has 2 amide bonds. The number of carbonyl (C=O) groups is 2. The summed E-state index contributed by atoms with van der Waals surface area (Å²) in [6.07, 6.45) is 2.43.